The zero-order valence-electron chi connectivity index (χ0n) is 16.2. The Kier molecular flexibility index (Phi) is 4.95. The molecule has 1 aromatic rings. The fourth-order valence-corrected chi connectivity index (χ4v) is 6.97. The quantitative estimate of drug-likeness (QED) is 0.545. The Labute approximate surface area is 170 Å². The Balaban J connectivity index is 1.81. The van der Waals surface area contributed by atoms with E-state index in [0.29, 0.717) is 21.4 Å². The lowest BCUT2D eigenvalue weighted by Crippen LogP contribution is -2.39. The molecule has 3 aliphatic rings. The number of fused-ring (bicyclic) bond motifs is 2. The first-order chi connectivity index (χ1) is 13.8. The monoisotopic (exact) mass is 418 g/mol. The van der Waals surface area contributed by atoms with Crippen LogP contribution in [0.4, 0.5) is 5.69 Å². The lowest BCUT2D eigenvalue weighted by atomic mass is 9.94. The Morgan fingerprint density at radius 3 is 2.31 bits per heavy atom. The number of allylic oxidation sites excluding steroid dienone is 1. The number of nitro groups is 1. The van der Waals surface area contributed by atoms with Gasteiger partial charge in [0.15, 0.2) is 0 Å². The predicted molar refractivity (Wildman–Crippen MR) is 108 cm³/mol. The van der Waals surface area contributed by atoms with E-state index in [0.717, 1.165) is 38.1 Å². The number of likely N-dealkylation sites (tertiary alicyclic amines) is 1. The van der Waals surface area contributed by atoms with Crippen molar-refractivity contribution in [3.63, 3.8) is 0 Å². The lowest BCUT2D eigenvalue weighted by Gasteiger charge is -2.44. The molecule has 0 aliphatic carbocycles. The second-order valence-electron chi connectivity index (χ2n) is 7.54. The van der Waals surface area contributed by atoms with E-state index in [4.69, 9.17) is 8.37 Å². The summed E-state index contributed by atoms with van der Waals surface area (Å²) >= 11 is 0. The molecule has 1 spiro atoms. The van der Waals surface area contributed by atoms with Gasteiger partial charge in [-0.1, -0.05) is 16.7 Å². The van der Waals surface area contributed by atoms with Crippen LogP contribution in [0.3, 0.4) is 0 Å². The Morgan fingerprint density at radius 1 is 1.14 bits per heavy atom. The van der Waals surface area contributed by atoms with Gasteiger partial charge in [-0.3, -0.25) is 10.1 Å². The van der Waals surface area contributed by atoms with Crippen molar-refractivity contribution in [2.45, 2.75) is 37.6 Å². The third kappa shape index (κ3) is 3.34. The third-order valence-electron chi connectivity index (χ3n) is 5.54. The SMILES string of the molecule is CC(C)N1CCC(C2=Cc3c([N+](=O)[O-])cccc3S23OC(=O)C=CC(=O)O3)CC1. The molecule has 3 heterocycles. The first-order valence-electron chi connectivity index (χ1n) is 9.53. The molecule has 0 aromatic heterocycles. The van der Waals surface area contributed by atoms with Crippen molar-refractivity contribution >= 4 is 34.3 Å². The van der Waals surface area contributed by atoms with Gasteiger partial charge in [-0.25, -0.2) is 9.59 Å². The van der Waals surface area contributed by atoms with Gasteiger partial charge in [-0.05, 0) is 51.9 Å². The van der Waals surface area contributed by atoms with Crippen LogP contribution in [-0.2, 0) is 18.0 Å². The minimum Gasteiger partial charge on any atom is -0.331 e. The van der Waals surface area contributed by atoms with Crippen LogP contribution in [0.25, 0.3) is 6.08 Å². The summed E-state index contributed by atoms with van der Waals surface area (Å²) in [5.41, 5.74) is 0.268. The zero-order chi connectivity index (χ0) is 20.8. The molecule has 3 aliphatic heterocycles. The maximum Gasteiger partial charge on any atom is 0.354 e. The molecule has 0 unspecified atom stereocenters. The Morgan fingerprint density at radius 2 is 1.76 bits per heavy atom. The summed E-state index contributed by atoms with van der Waals surface area (Å²) in [5, 5.41) is 11.6. The summed E-state index contributed by atoms with van der Waals surface area (Å²) in [4.78, 5) is 39.1. The number of hydrogen-bond donors (Lipinski definition) is 0. The number of hydrogen-bond acceptors (Lipinski definition) is 7. The van der Waals surface area contributed by atoms with E-state index in [-0.39, 0.29) is 11.6 Å². The van der Waals surface area contributed by atoms with E-state index < -0.39 is 27.5 Å². The standard InChI is InChI=1S/C20H22N2O6S/c1-13(2)21-10-8-14(9-11-21)18-12-15-16(22(25)26)4-3-5-17(15)29(18)27-19(23)6-7-20(24)28-29/h3-7,12-14H,8-11H2,1-2H3. The van der Waals surface area contributed by atoms with Gasteiger partial charge in [0, 0.05) is 30.2 Å². The van der Waals surface area contributed by atoms with E-state index in [1.807, 2.05) is 0 Å². The van der Waals surface area contributed by atoms with Gasteiger partial charge >= 0.3 is 11.9 Å². The number of piperidine rings is 1. The molecule has 29 heavy (non-hydrogen) atoms. The lowest BCUT2D eigenvalue weighted by molar-refractivity contribution is -0.385. The highest BCUT2D eigenvalue weighted by Gasteiger charge is 2.47. The summed E-state index contributed by atoms with van der Waals surface area (Å²) in [6.45, 7) is 5.99. The van der Waals surface area contributed by atoms with Crippen molar-refractivity contribution in [1.82, 2.24) is 4.90 Å². The number of carbonyl (C=O) groups is 2. The maximum atomic E-state index is 12.3. The van der Waals surface area contributed by atoms with Crippen LogP contribution < -0.4 is 0 Å². The third-order valence-corrected chi connectivity index (χ3v) is 8.35. The molecule has 9 heteroatoms. The normalized spacial score (nSPS) is 22.7. The number of carbonyl (C=O) groups excluding carboxylic acids is 2. The molecule has 154 valence electrons. The topological polar surface area (TPSA) is 99.0 Å². The molecule has 0 amide bonds. The molecule has 1 aromatic carbocycles. The fraction of sp³-hybridized carbons (Fsp3) is 0.400. The van der Waals surface area contributed by atoms with Crippen LogP contribution >= 0.6 is 10.6 Å². The smallest absolute Gasteiger partial charge is 0.331 e. The average molecular weight is 418 g/mol. The summed E-state index contributed by atoms with van der Waals surface area (Å²) < 4.78 is 11.5. The van der Waals surface area contributed by atoms with E-state index >= 15 is 0 Å². The highest BCUT2D eigenvalue weighted by molar-refractivity contribution is 8.30. The van der Waals surface area contributed by atoms with Crippen molar-refractivity contribution in [3.8, 4) is 0 Å². The molecular formula is C20H22N2O6S. The van der Waals surface area contributed by atoms with Crippen LogP contribution in [0.2, 0.25) is 0 Å². The van der Waals surface area contributed by atoms with Crippen molar-refractivity contribution in [2.24, 2.45) is 5.92 Å². The molecule has 0 saturated carbocycles. The minimum atomic E-state index is -2.91. The van der Waals surface area contributed by atoms with E-state index in [9.17, 15) is 19.7 Å². The molecule has 0 N–H and O–H groups in total. The maximum absolute atomic E-state index is 12.3. The summed E-state index contributed by atoms with van der Waals surface area (Å²) in [7, 11) is -2.91. The van der Waals surface area contributed by atoms with E-state index in [1.165, 1.54) is 12.1 Å². The van der Waals surface area contributed by atoms with Gasteiger partial charge < -0.3 is 13.3 Å². The largest absolute Gasteiger partial charge is 0.354 e. The molecule has 0 atom stereocenters. The number of rotatable bonds is 3. The highest BCUT2D eigenvalue weighted by atomic mass is 32.3. The van der Waals surface area contributed by atoms with Crippen molar-refractivity contribution < 1.29 is 22.9 Å². The van der Waals surface area contributed by atoms with Gasteiger partial charge in [-0.15, -0.1) is 0 Å². The van der Waals surface area contributed by atoms with Gasteiger partial charge in [0.25, 0.3) is 5.69 Å². The Hall–Kier alpha value is -2.65. The number of benzene rings is 1. The first kappa shape index (κ1) is 19.7. The van der Waals surface area contributed by atoms with Crippen LogP contribution in [0.5, 0.6) is 0 Å². The average Bonchev–Trinajstić information content (AvgIpc) is 2.90. The van der Waals surface area contributed by atoms with Crippen LogP contribution in [0.1, 0.15) is 32.3 Å². The predicted octanol–water partition coefficient (Wildman–Crippen LogP) is 3.72. The summed E-state index contributed by atoms with van der Waals surface area (Å²) in [6.07, 6.45) is 5.38. The van der Waals surface area contributed by atoms with Crippen LogP contribution in [-0.4, -0.2) is 40.9 Å². The molecule has 0 radical (unpaired) electrons. The van der Waals surface area contributed by atoms with Crippen molar-refractivity contribution in [1.29, 1.82) is 0 Å². The molecule has 8 nitrogen and oxygen atoms in total. The number of nitro benzene ring substituents is 1. The van der Waals surface area contributed by atoms with Crippen LogP contribution in [0, 0.1) is 16.0 Å². The fourth-order valence-electron chi connectivity index (χ4n) is 4.08. The van der Waals surface area contributed by atoms with E-state index in [2.05, 4.69) is 18.7 Å². The minimum absolute atomic E-state index is 0.00528. The molecule has 1 fully saturated rings. The molecule has 1 saturated heterocycles. The van der Waals surface area contributed by atoms with Gasteiger partial charge in [0.05, 0.1) is 20.3 Å². The molecule has 0 bridgehead atoms. The van der Waals surface area contributed by atoms with Gasteiger partial charge in [-0.2, -0.15) is 0 Å². The van der Waals surface area contributed by atoms with E-state index in [1.54, 1.807) is 12.1 Å². The molecular weight excluding hydrogens is 396 g/mol. The Bertz CT molecular complexity index is 926. The zero-order valence-corrected chi connectivity index (χ0v) is 17.0. The second-order valence-corrected chi connectivity index (χ2v) is 9.79. The van der Waals surface area contributed by atoms with Gasteiger partial charge in [0.1, 0.15) is 0 Å². The van der Waals surface area contributed by atoms with Crippen molar-refractivity contribution in [2.75, 3.05) is 13.1 Å². The van der Waals surface area contributed by atoms with Crippen LogP contribution in [0.15, 0.2) is 40.2 Å². The number of nitrogens with zero attached hydrogens (tertiary/aromatic N) is 2. The highest BCUT2D eigenvalue weighted by Crippen LogP contribution is 2.73. The van der Waals surface area contributed by atoms with Crippen molar-refractivity contribution in [3.05, 3.63) is 50.9 Å². The van der Waals surface area contributed by atoms with Gasteiger partial charge in [0.2, 0.25) is 0 Å². The summed E-state index contributed by atoms with van der Waals surface area (Å²) in [6, 6.07) is 5.01. The second kappa shape index (κ2) is 7.31. The summed E-state index contributed by atoms with van der Waals surface area (Å²) in [5.74, 6) is -1.36. The molecule has 4 rings (SSSR count). The first-order valence-corrected chi connectivity index (χ1v) is 11.0.